The Bertz CT molecular complexity index is 515. The van der Waals surface area contributed by atoms with Crippen molar-refractivity contribution in [1.82, 2.24) is 15.1 Å². The maximum Gasteiger partial charge on any atom is 0.287 e. The molecule has 0 aromatic carbocycles. The van der Waals surface area contributed by atoms with E-state index in [1.54, 1.807) is 23.1 Å². The summed E-state index contributed by atoms with van der Waals surface area (Å²) in [6.45, 7) is 2.87. The van der Waals surface area contributed by atoms with Gasteiger partial charge < -0.3 is 15.5 Å². The predicted octanol–water partition coefficient (Wildman–Crippen LogP) is 0.797. The van der Waals surface area contributed by atoms with Crippen LogP contribution >= 0.6 is 0 Å². The molecule has 3 N–H and O–H groups in total. The van der Waals surface area contributed by atoms with E-state index in [0.29, 0.717) is 24.5 Å². The van der Waals surface area contributed by atoms with Gasteiger partial charge in [-0.2, -0.15) is 5.10 Å². The van der Waals surface area contributed by atoms with E-state index in [0.717, 1.165) is 5.56 Å². The first-order chi connectivity index (χ1) is 8.16. The van der Waals surface area contributed by atoms with Crippen molar-refractivity contribution in [3.8, 4) is 0 Å². The fourth-order valence-electron chi connectivity index (χ4n) is 1.47. The van der Waals surface area contributed by atoms with E-state index in [2.05, 4.69) is 10.4 Å². The Labute approximate surface area is 98.4 Å². The van der Waals surface area contributed by atoms with Crippen LogP contribution in [0, 0.1) is 6.92 Å². The van der Waals surface area contributed by atoms with Crippen LogP contribution in [-0.4, -0.2) is 22.2 Å². The molecule has 0 spiro atoms. The van der Waals surface area contributed by atoms with Gasteiger partial charge >= 0.3 is 0 Å². The average Bonchev–Trinajstić information content (AvgIpc) is 2.87. The Hall–Kier alpha value is -2.24. The van der Waals surface area contributed by atoms with Gasteiger partial charge in [-0.25, -0.2) is 0 Å². The molecule has 6 heteroatoms. The molecule has 6 nitrogen and oxygen atoms in total. The van der Waals surface area contributed by atoms with E-state index >= 15 is 0 Å². The van der Waals surface area contributed by atoms with Gasteiger partial charge in [0.25, 0.3) is 5.91 Å². The van der Waals surface area contributed by atoms with Crippen LogP contribution in [0.4, 0.5) is 5.69 Å². The maximum atomic E-state index is 11.7. The average molecular weight is 234 g/mol. The summed E-state index contributed by atoms with van der Waals surface area (Å²) in [5.41, 5.74) is 6.96. The molecule has 0 saturated carbocycles. The number of nitrogens with zero attached hydrogens (tertiary/aromatic N) is 2. The Morgan fingerprint density at radius 1 is 1.65 bits per heavy atom. The molecule has 0 aliphatic carbocycles. The minimum absolute atomic E-state index is 0.215. The summed E-state index contributed by atoms with van der Waals surface area (Å²) in [6.07, 6.45) is 4.78. The molecule has 0 unspecified atom stereocenters. The molecule has 17 heavy (non-hydrogen) atoms. The van der Waals surface area contributed by atoms with Crippen molar-refractivity contribution in [2.75, 3.05) is 12.3 Å². The minimum Gasteiger partial charge on any atom is -0.459 e. The summed E-state index contributed by atoms with van der Waals surface area (Å²) in [5, 5.41) is 6.76. The topological polar surface area (TPSA) is 86.1 Å². The third kappa shape index (κ3) is 2.66. The predicted molar refractivity (Wildman–Crippen MR) is 62.4 cm³/mol. The number of furan rings is 1. The highest BCUT2D eigenvalue weighted by atomic mass is 16.3. The number of rotatable bonds is 4. The van der Waals surface area contributed by atoms with Gasteiger partial charge in [0.15, 0.2) is 5.76 Å². The second kappa shape index (κ2) is 4.73. The van der Waals surface area contributed by atoms with E-state index in [-0.39, 0.29) is 5.91 Å². The van der Waals surface area contributed by atoms with Crippen molar-refractivity contribution < 1.29 is 9.21 Å². The highest BCUT2D eigenvalue weighted by Crippen LogP contribution is 2.07. The third-order valence-corrected chi connectivity index (χ3v) is 2.35. The van der Waals surface area contributed by atoms with E-state index < -0.39 is 0 Å². The molecular formula is C11H14N4O2. The molecule has 0 radical (unpaired) electrons. The zero-order chi connectivity index (χ0) is 12.3. The lowest BCUT2D eigenvalue weighted by Crippen LogP contribution is -2.27. The first kappa shape index (κ1) is 11.3. The summed E-state index contributed by atoms with van der Waals surface area (Å²) in [4.78, 5) is 11.7. The highest BCUT2D eigenvalue weighted by Gasteiger charge is 2.11. The number of nitrogens with one attached hydrogen (secondary N) is 1. The number of hydrogen-bond donors (Lipinski definition) is 2. The van der Waals surface area contributed by atoms with Crippen molar-refractivity contribution in [1.29, 1.82) is 0 Å². The fraction of sp³-hybridized carbons (Fsp3) is 0.273. The Kier molecular flexibility index (Phi) is 3.13. The zero-order valence-electron chi connectivity index (χ0n) is 9.51. The van der Waals surface area contributed by atoms with Gasteiger partial charge in [-0.3, -0.25) is 9.48 Å². The van der Waals surface area contributed by atoms with Crippen LogP contribution in [0.2, 0.25) is 0 Å². The molecule has 0 atom stereocenters. The lowest BCUT2D eigenvalue weighted by molar-refractivity contribution is 0.0923. The summed E-state index contributed by atoms with van der Waals surface area (Å²) in [6, 6.07) is 1.75. The number of carbonyl (C=O) groups is 1. The largest absolute Gasteiger partial charge is 0.459 e. The molecule has 1 amide bonds. The fourth-order valence-corrected chi connectivity index (χ4v) is 1.47. The summed E-state index contributed by atoms with van der Waals surface area (Å²) >= 11 is 0. The maximum absolute atomic E-state index is 11.7. The molecule has 2 rings (SSSR count). The van der Waals surface area contributed by atoms with E-state index in [4.69, 9.17) is 10.2 Å². The van der Waals surface area contributed by atoms with Crippen LogP contribution in [-0.2, 0) is 6.54 Å². The van der Waals surface area contributed by atoms with Gasteiger partial charge in [0, 0.05) is 18.3 Å². The van der Waals surface area contributed by atoms with Gasteiger partial charge in [-0.15, -0.1) is 0 Å². The second-order valence-corrected chi connectivity index (χ2v) is 3.73. The Morgan fingerprint density at radius 3 is 3.06 bits per heavy atom. The minimum atomic E-state index is -0.215. The number of amides is 1. The van der Waals surface area contributed by atoms with Crippen molar-refractivity contribution in [2.45, 2.75) is 13.5 Å². The van der Waals surface area contributed by atoms with Gasteiger partial charge in [0.1, 0.15) is 0 Å². The molecule has 90 valence electrons. The van der Waals surface area contributed by atoms with Crippen LogP contribution in [0.5, 0.6) is 0 Å². The standard InChI is InChI=1S/C11H14N4O2/c1-8-2-5-17-10(8)11(16)13-3-4-15-7-9(12)6-14-15/h2,5-7H,3-4,12H2,1H3,(H,13,16). The highest BCUT2D eigenvalue weighted by molar-refractivity contribution is 5.92. The second-order valence-electron chi connectivity index (χ2n) is 3.73. The molecular weight excluding hydrogens is 220 g/mol. The van der Waals surface area contributed by atoms with Crippen LogP contribution < -0.4 is 11.1 Å². The molecule has 0 aliphatic rings. The SMILES string of the molecule is Cc1ccoc1C(=O)NCCn1cc(N)cn1. The third-order valence-electron chi connectivity index (χ3n) is 2.35. The number of aromatic nitrogens is 2. The van der Waals surface area contributed by atoms with Gasteiger partial charge in [-0.1, -0.05) is 0 Å². The summed E-state index contributed by atoms with van der Waals surface area (Å²) < 4.78 is 6.75. The Balaban J connectivity index is 1.83. The molecule has 2 aromatic rings. The number of anilines is 1. The number of aryl methyl sites for hydroxylation is 1. The van der Waals surface area contributed by atoms with Crippen molar-refractivity contribution in [2.24, 2.45) is 0 Å². The number of carbonyl (C=O) groups excluding carboxylic acids is 1. The molecule has 0 aliphatic heterocycles. The molecule has 0 saturated heterocycles. The number of nitrogen functional groups attached to an aromatic ring is 1. The smallest absolute Gasteiger partial charge is 0.287 e. The van der Waals surface area contributed by atoms with Crippen LogP contribution in [0.25, 0.3) is 0 Å². The lowest BCUT2D eigenvalue weighted by atomic mass is 10.3. The van der Waals surface area contributed by atoms with Gasteiger partial charge in [-0.05, 0) is 13.0 Å². The monoisotopic (exact) mass is 234 g/mol. The molecule has 0 bridgehead atoms. The van der Waals surface area contributed by atoms with Gasteiger partial charge in [0.05, 0.1) is 24.7 Å². The van der Waals surface area contributed by atoms with E-state index in [1.807, 2.05) is 6.92 Å². The van der Waals surface area contributed by atoms with E-state index in [1.165, 1.54) is 6.26 Å². The van der Waals surface area contributed by atoms with Crippen molar-refractivity contribution >= 4 is 11.6 Å². The van der Waals surface area contributed by atoms with Crippen molar-refractivity contribution in [3.05, 3.63) is 36.0 Å². The van der Waals surface area contributed by atoms with Crippen LogP contribution in [0.3, 0.4) is 0 Å². The van der Waals surface area contributed by atoms with Gasteiger partial charge in [0.2, 0.25) is 0 Å². The summed E-state index contributed by atoms with van der Waals surface area (Å²) in [5.74, 6) is 0.137. The normalized spacial score (nSPS) is 10.4. The first-order valence-electron chi connectivity index (χ1n) is 5.27. The van der Waals surface area contributed by atoms with Crippen molar-refractivity contribution in [3.63, 3.8) is 0 Å². The molecule has 2 heterocycles. The number of hydrogen-bond acceptors (Lipinski definition) is 4. The van der Waals surface area contributed by atoms with Crippen LogP contribution in [0.1, 0.15) is 16.1 Å². The Morgan fingerprint density at radius 2 is 2.47 bits per heavy atom. The summed E-state index contributed by atoms with van der Waals surface area (Å²) in [7, 11) is 0. The zero-order valence-corrected chi connectivity index (χ0v) is 9.51. The lowest BCUT2D eigenvalue weighted by Gasteiger charge is -2.04. The number of nitrogens with two attached hydrogens (primary N) is 1. The first-order valence-corrected chi connectivity index (χ1v) is 5.27. The van der Waals surface area contributed by atoms with E-state index in [9.17, 15) is 4.79 Å². The quantitative estimate of drug-likeness (QED) is 0.819. The van der Waals surface area contributed by atoms with Crippen LogP contribution in [0.15, 0.2) is 29.1 Å². The molecule has 2 aromatic heterocycles. The molecule has 0 fully saturated rings.